The maximum absolute atomic E-state index is 13.9. The number of benzene rings is 2. The number of carbonyl (C=O) groups is 1. The van der Waals surface area contributed by atoms with Gasteiger partial charge in [-0.2, -0.15) is 0 Å². The number of halogens is 1. The number of anilines is 1. The second-order valence-electron chi connectivity index (χ2n) is 7.33. The molecule has 1 aliphatic heterocycles. The van der Waals surface area contributed by atoms with E-state index in [4.69, 9.17) is 4.74 Å². The van der Waals surface area contributed by atoms with E-state index in [0.29, 0.717) is 37.8 Å². The summed E-state index contributed by atoms with van der Waals surface area (Å²) in [7, 11) is 0. The molecule has 2 amide bonds. The first-order valence-electron chi connectivity index (χ1n) is 9.76. The predicted octanol–water partition coefficient (Wildman–Crippen LogP) is 4.21. The number of hydrogen-bond donors (Lipinski definition) is 1. The van der Waals surface area contributed by atoms with E-state index in [0.717, 1.165) is 11.3 Å². The summed E-state index contributed by atoms with van der Waals surface area (Å²) < 4.78 is 19.9. The summed E-state index contributed by atoms with van der Waals surface area (Å²) in [6, 6.07) is 14.4. The summed E-state index contributed by atoms with van der Waals surface area (Å²) in [5.41, 5.74) is 1.70. The van der Waals surface area contributed by atoms with Gasteiger partial charge in [-0.1, -0.05) is 44.2 Å². The normalized spacial score (nSPS) is 15.5. The van der Waals surface area contributed by atoms with E-state index < -0.39 is 6.23 Å². The Morgan fingerprint density at radius 1 is 1.00 bits per heavy atom. The van der Waals surface area contributed by atoms with Gasteiger partial charge in [0.25, 0.3) is 0 Å². The molecule has 1 fully saturated rings. The Morgan fingerprint density at radius 2 is 1.64 bits per heavy atom. The van der Waals surface area contributed by atoms with Gasteiger partial charge in [0.15, 0.2) is 6.23 Å². The van der Waals surface area contributed by atoms with Gasteiger partial charge in [-0.05, 0) is 36.6 Å². The van der Waals surface area contributed by atoms with Gasteiger partial charge in [-0.25, -0.2) is 9.18 Å². The van der Waals surface area contributed by atoms with Crippen LogP contribution in [0, 0.1) is 5.82 Å². The smallest absolute Gasteiger partial charge is 0.320 e. The summed E-state index contributed by atoms with van der Waals surface area (Å²) >= 11 is 0. The summed E-state index contributed by atoms with van der Waals surface area (Å²) in [6.45, 7) is 8.32. The molecule has 1 unspecified atom stereocenters. The molecule has 1 N–H and O–H groups in total. The molecule has 1 atom stereocenters. The molecule has 1 aliphatic rings. The van der Waals surface area contributed by atoms with Gasteiger partial charge < -0.3 is 19.9 Å². The number of carbonyl (C=O) groups excluding carboxylic acids is 1. The van der Waals surface area contributed by atoms with Gasteiger partial charge in [0, 0.05) is 26.2 Å². The second-order valence-corrected chi connectivity index (χ2v) is 7.33. The Morgan fingerprint density at radius 3 is 2.32 bits per heavy atom. The highest BCUT2D eigenvalue weighted by Crippen LogP contribution is 2.26. The molecule has 5 nitrogen and oxygen atoms in total. The summed E-state index contributed by atoms with van der Waals surface area (Å²) in [4.78, 5) is 16.3. The fourth-order valence-electron chi connectivity index (χ4n) is 3.41. The van der Waals surface area contributed by atoms with E-state index in [1.165, 1.54) is 6.07 Å². The third kappa shape index (κ3) is 4.74. The second kappa shape index (κ2) is 8.95. The Bertz CT molecular complexity index is 804. The Balaban J connectivity index is 1.53. The van der Waals surface area contributed by atoms with Crippen molar-refractivity contribution in [3.05, 3.63) is 59.9 Å². The van der Waals surface area contributed by atoms with Gasteiger partial charge in [-0.15, -0.1) is 0 Å². The number of nitrogens with zero attached hydrogens (tertiary/aromatic N) is 2. The fraction of sp³-hybridized carbons (Fsp3) is 0.409. The minimum atomic E-state index is -0.447. The van der Waals surface area contributed by atoms with Crippen LogP contribution in [0.4, 0.5) is 14.9 Å². The first-order valence-corrected chi connectivity index (χ1v) is 9.76. The molecule has 0 spiro atoms. The molecule has 0 bridgehead atoms. The maximum atomic E-state index is 13.9. The zero-order valence-corrected chi connectivity index (χ0v) is 16.7. The van der Waals surface area contributed by atoms with Crippen molar-refractivity contribution in [1.82, 2.24) is 10.2 Å². The predicted molar refractivity (Wildman–Crippen MR) is 109 cm³/mol. The standard InChI is InChI=1S/C22H28FN3O2/c1-16(2)18-8-4-7-11-21(18)28-17(3)24-22(27)26-14-12-25(13-15-26)20-10-6-5-9-19(20)23/h4-11,16-17H,12-15H2,1-3H3,(H,24,27). The average molecular weight is 385 g/mol. The monoisotopic (exact) mass is 385 g/mol. The van der Waals surface area contributed by atoms with Crippen molar-refractivity contribution in [3.8, 4) is 5.75 Å². The molecule has 150 valence electrons. The number of ether oxygens (including phenoxy) is 1. The SMILES string of the molecule is CC(NC(=O)N1CCN(c2ccccc2F)CC1)Oc1ccccc1C(C)C. The van der Waals surface area contributed by atoms with E-state index in [-0.39, 0.29) is 11.8 Å². The van der Waals surface area contributed by atoms with Crippen molar-refractivity contribution in [1.29, 1.82) is 0 Å². The average Bonchev–Trinajstić information content (AvgIpc) is 2.68. The van der Waals surface area contributed by atoms with Crippen LogP contribution in [0.5, 0.6) is 5.75 Å². The summed E-state index contributed by atoms with van der Waals surface area (Å²) in [5, 5.41) is 2.90. The van der Waals surface area contributed by atoms with Crippen molar-refractivity contribution in [2.24, 2.45) is 0 Å². The molecule has 0 aliphatic carbocycles. The first-order chi connectivity index (χ1) is 13.5. The lowest BCUT2D eigenvalue weighted by Gasteiger charge is -2.36. The van der Waals surface area contributed by atoms with E-state index >= 15 is 0 Å². The fourth-order valence-corrected chi connectivity index (χ4v) is 3.41. The molecule has 3 rings (SSSR count). The molecule has 2 aromatic carbocycles. The van der Waals surface area contributed by atoms with E-state index in [1.54, 1.807) is 17.0 Å². The molecule has 1 saturated heterocycles. The maximum Gasteiger partial charge on any atom is 0.320 e. The Hall–Kier alpha value is -2.76. The van der Waals surface area contributed by atoms with Crippen LogP contribution in [-0.2, 0) is 0 Å². The van der Waals surface area contributed by atoms with Crippen LogP contribution >= 0.6 is 0 Å². The quantitative estimate of drug-likeness (QED) is 0.785. The first kappa shape index (κ1) is 20.0. The molecule has 1 heterocycles. The molecule has 0 aromatic heterocycles. The topological polar surface area (TPSA) is 44.8 Å². The number of para-hydroxylation sites is 2. The third-order valence-corrected chi connectivity index (χ3v) is 4.93. The summed E-state index contributed by atoms with van der Waals surface area (Å²) in [5.74, 6) is 0.895. The number of piperazine rings is 1. The van der Waals surface area contributed by atoms with Crippen LogP contribution < -0.4 is 15.0 Å². The van der Waals surface area contributed by atoms with Crippen LogP contribution in [-0.4, -0.2) is 43.3 Å². The molecule has 2 aromatic rings. The van der Waals surface area contributed by atoms with Crippen LogP contribution in [0.3, 0.4) is 0 Å². The van der Waals surface area contributed by atoms with Gasteiger partial charge in [0.05, 0.1) is 5.69 Å². The van der Waals surface area contributed by atoms with Gasteiger partial charge in [0.2, 0.25) is 0 Å². The Labute approximate surface area is 166 Å². The van der Waals surface area contributed by atoms with E-state index in [9.17, 15) is 9.18 Å². The minimum Gasteiger partial charge on any atom is -0.471 e. The number of amides is 2. The zero-order valence-electron chi connectivity index (χ0n) is 16.7. The largest absolute Gasteiger partial charge is 0.471 e. The van der Waals surface area contributed by atoms with E-state index in [1.807, 2.05) is 42.2 Å². The number of hydrogen-bond acceptors (Lipinski definition) is 3. The zero-order chi connectivity index (χ0) is 20.1. The summed E-state index contributed by atoms with van der Waals surface area (Å²) in [6.07, 6.45) is -0.447. The number of nitrogens with one attached hydrogen (secondary N) is 1. The number of urea groups is 1. The van der Waals surface area contributed by atoms with Gasteiger partial charge in [-0.3, -0.25) is 0 Å². The van der Waals surface area contributed by atoms with Crippen molar-refractivity contribution in [2.75, 3.05) is 31.1 Å². The lowest BCUT2D eigenvalue weighted by molar-refractivity contribution is 0.150. The van der Waals surface area contributed by atoms with Crippen molar-refractivity contribution < 1.29 is 13.9 Å². The minimum absolute atomic E-state index is 0.164. The Kier molecular flexibility index (Phi) is 6.39. The highest BCUT2D eigenvalue weighted by molar-refractivity contribution is 5.74. The molecular weight excluding hydrogens is 357 g/mol. The lowest BCUT2D eigenvalue weighted by atomic mass is 10.0. The highest BCUT2D eigenvalue weighted by Gasteiger charge is 2.24. The number of rotatable bonds is 5. The van der Waals surface area contributed by atoms with Crippen LogP contribution in [0.1, 0.15) is 32.3 Å². The van der Waals surface area contributed by atoms with Gasteiger partial charge in [0.1, 0.15) is 11.6 Å². The van der Waals surface area contributed by atoms with Crippen molar-refractivity contribution in [3.63, 3.8) is 0 Å². The van der Waals surface area contributed by atoms with Crippen molar-refractivity contribution in [2.45, 2.75) is 32.9 Å². The van der Waals surface area contributed by atoms with Crippen molar-refractivity contribution >= 4 is 11.7 Å². The van der Waals surface area contributed by atoms with Gasteiger partial charge >= 0.3 is 6.03 Å². The van der Waals surface area contributed by atoms with E-state index in [2.05, 4.69) is 19.2 Å². The molecule has 0 radical (unpaired) electrons. The lowest BCUT2D eigenvalue weighted by Crippen LogP contribution is -2.54. The van der Waals surface area contributed by atoms with Crippen LogP contribution in [0.15, 0.2) is 48.5 Å². The molecular formula is C22H28FN3O2. The highest BCUT2D eigenvalue weighted by atomic mass is 19.1. The van der Waals surface area contributed by atoms with Crippen LogP contribution in [0.2, 0.25) is 0 Å². The molecule has 6 heteroatoms. The molecule has 0 saturated carbocycles. The van der Waals surface area contributed by atoms with Crippen LogP contribution in [0.25, 0.3) is 0 Å². The molecule has 28 heavy (non-hydrogen) atoms. The third-order valence-electron chi connectivity index (χ3n) is 4.93.